The van der Waals surface area contributed by atoms with Crippen LogP contribution < -0.4 is 11.1 Å². The first-order chi connectivity index (χ1) is 14.3. The number of hydrogen-bond donors (Lipinski definition) is 2. The summed E-state index contributed by atoms with van der Waals surface area (Å²) in [5.74, 6) is -1.01. The topological polar surface area (TPSA) is 108 Å². The molecular weight excluding hydrogens is 518 g/mol. The van der Waals surface area contributed by atoms with E-state index in [4.69, 9.17) is 14.8 Å². The van der Waals surface area contributed by atoms with Gasteiger partial charge in [0.2, 0.25) is 5.91 Å². The summed E-state index contributed by atoms with van der Waals surface area (Å²) in [7, 11) is -3.22. The van der Waals surface area contributed by atoms with E-state index >= 15 is 0 Å². The minimum Gasteiger partial charge on any atom is -0.368 e. The predicted molar refractivity (Wildman–Crippen MR) is 124 cm³/mol. The lowest BCUT2D eigenvalue weighted by Gasteiger charge is -2.18. The van der Waals surface area contributed by atoms with Crippen LogP contribution in [0.25, 0.3) is 0 Å². The SMILES string of the molecule is CCOP(=O)(Cc1ccc(C(=O)N[C@@H](Cc2ccccc2I)C(N)=O)cc1)OCC. The Labute approximate surface area is 190 Å². The molecule has 0 saturated carbocycles. The van der Waals surface area contributed by atoms with Gasteiger partial charge in [-0.2, -0.15) is 0 Å². The van der Waals surface area contributed by atoms with Crippen molar-refractivity contribution in [2.24, 2.45) is 5.73 Å². The zero-order chi connectivity index (χ0) is 22.1. The van der Waals surface area contributed by atoms with Crippen LogP contribution in [0.3, 0.4) is 0 Å². The van der Waals surface area contributed by atoms with Gasteiger partial charge in [-0.15, -0.1) is 0 Å². The highest BCUT2D eigenvalue weighted by Gasteiger charge is 2.24. The van der Waals surface area contributed by atoms with Gasteiger partial charge in [0, 0.05) is 15.6 Å². The number of nitrogens with one attached hydrogen (secondary N) is 1. The van der Waals surface area contributed by atoms with Crippen molar-refractivity contribution in [3.05, 3.63) is 68.8 Å². The van der Waals surface area contributed by atoms with Crippen LogP contribution in [0.5, 0.6) is 0 Å². The molecule has 0 aliphatic rings. The molecule has 0 radical (unpaired) electrons. The van der Waals surface area contributed by atoms with Crippen molar-refractivity contribution >= 4 is 42.0 Å². The summed E-state index contributed by atoms with van der Waals surface area (Å²) >= 11 is 2.18. The number of rotatable bonds is 11. The summed E-state index contributed by atoms with van der Waals surface area (Å²) < 4.78 is 24.2. The van der Waals surface area contributed by atoms with Gasteiger partial charge in [0.05, 0.1) is 19.4 Å². The molecule has 3 N–H and O–H groups in total. The summed E-state index contributed by atoms with van der Waals surface area (Å²) in [6.07, 6.45) is 0.428. The summed E-state index contributed by atoms with van der Waals surface area (Å²) in [4.78, 5) is 24.5. The van der Waals surface area contributed by atoms with E-state index in [1.807, 2.05) is 24.3 Å². The number of carbonyl (C=O) groups excluding carboxylic acids is 2. The standard InChI is InChI=1S/C21H26IN2O5P/c1-3-28-30(27,29-4-2)14-15-9-11-16(12-10-15)21(26)24-19(20(23)25)13-17-7-5-6-8-18(17)22/h5-12,19H,3-4,13-14H2,1-2H3,(H2,23,25)(H,24,26)/t19-/m0/s1. The van der Waals surface area contributed by atoms with Gasteiger partial charge in [-0.25, -0.2) is 0 Å². The summed E-state index contributed by atoms with van der Waals surface area (Å²) in [6, 6.07) is 13.4. The summed E-state index contributed by atoms with van der Waals surface area (Å²) in [5, 5.41) is 2.70. The fourth-order valence-electron chi connectivity index (χ4n) is 2.86. The van der Waals surface area contributed by atoms with Crippen molar-refractivity contribution in [2.45, 2.75) is 32.5 Å². The van der Waals surface area contributed by atoms with Crippen molar-refractivity contribution in [3.63, 3.8) is 0 Å². The van der Waals surface area contributed by atoms with Crippen LogP contribution in [-0.2, 0) is 31.0 Å². The van der Waals surface area contributed by atoms with Crippen LogP contribution in [0.15, 0.2) is 48.5 Å². The molecular formula is C21H26IN2O5P. The van der Waals surface area contributed by atoms with E-state index in [1.165, 1.54) is 0 Å². The predicted octanol–water partition coefficient (Wildman–Crippen LogP) is 3.88. The Kier molecular flexibility index (Phi) is 9.48. The Hall–Kier alpha value is -1.74. The number of benzene rings is 2. The van der Waals surface area contributed by atoms with E-state index in [-0.39, 0.29) is 19.4 Å². The lowest BCUT2D eigenvalue weighted by molar-refractivity contribution is -0.119. The Morgan fingerprint density at radius 2 is 1.67 bits per heavy atom. The number of nitrogens with two attached hydrogens (primary N) is 1. The average Bonchev–Trinajstić information content (AvgIpc) is 2.69. The Morgan fingerprint density at radius 3 is 2.20 bits per heavy atom. The van der Waals surface area contributed by atoms with E-state index in [0.29, 0.717) is 12.0 Å². The van der Waals surface area contributed by atoms with E-state index in [0.717, 1.165) is 14.7 Å². The highest BCUT2D eigenvalue weighted by atomic mass is 127. The Bertz CT molecular complexity index is 910. The van der Waals surface area contributed by atoms with Gasteiger partial charge < -0.3 is 20.1 Å². The second-order valence-electron chi connectivity index (χ2n) is 6.53. The summed E-state index contributed by atoms with van der Waals surface area (Å²) in [5.41, 5.74) is 7.52. The lowest BCUT2D eigenvalue weighted by Crippen LogP contribution is -2.46. The van der Waals surface area contributed by atoms with Gasteiger partial charge in [0.25, 0.3) is 5.91 Å². The van der Waals surface area contributed by atoms with Gasteiger partial charge in [-0.1, -0.05) is 30.3 Å². The van der Waals surface area contributed by atoms with Gasteiger partial charge in [-0.05, 0) is 65.8 Å². The molecule has 2 aromatic carbocycles. The van der Waals surface area contributed by atoms with Crippen molar-refractivity contribution in [1.82, 2.24) is 5.32 Å². The first-order valence-corrected chi connectivity index (χ1v) is 12.4. The van der Waals surface area contributed by atoms with Crippen molar-refractivity contribution in [3.8, 4) is 0 Å². The van der Waals surface area contributed by atoms with Crippen LogP contribution in [0.4, 0.5) is 0 Å². The highest BCUT2D eigenvalue weighted by molar-refractivity contribution is 14.1. The maximum Gasteiger partial charge on any atom is 0.335 e. The minimum atomic E-state index is -3.22. The number of primary amides is 1. The maximum atomic E-state index is 12.6. The van der Waals surface area contributed by atoms with E-state index in [2.05, 4.69) is 27.9 Å². The third kappa shape index (κ3) is 7.19. The van der Waals surface area contributed by atoms with Gasteiger partial charge in [-0.3, -0.25) is 14.2 Å². The largest absolute Gasteiger partial charge is 0.368 e. The first-order valence-electron chi connectivity index (χ1n) is 9.58. The van der Waals surface area contributed by atoms with Crippen LogP contribution in [0.1, 0.15) is 35.3 Å². The average molecular weight is 544 g/mol. The lowest BCUT2D eigenvalue weighted by atomic mass is 10.0. The molecule has 0 unspecified atom stereocenters. The molecule has 2 aromatic rings. The fourth-order valence-corrected chi connectivity index (χ4v) is 5.16. The molecule has 162 valence electrons. The smallest absolute Gasteiger partial charge is 0.335 e. The van der Waals surface area contributed by atoms with E-state index in [1.54, 1.807) is 38.1 Å². The zero-order valence-electron chi connectivity index (χ0n) is 17.0. The number of amides is 2. The van der Waals surface area contributed by atoms with Crippen LogP contribution in [0, 0.1) is 3.57 Å². The molecule has 0 aromatic heterocycles. The molecule has 7 nitrogen and oxygen atoms in total. The van der Waals surface area contributed by atoms with Crippen molar-refractivity contribution in [2.75, 3.05) is 13.2 Å². The number of hydrogen-bond acceptors (Lipinski definition) is 5. The first kappa shape index (κ1) is 24.5. The second-order valence-corrected chi connectivity index (χ2v) is 9.74. The highest BCUT2D eigenvalue weighted by Crippen LogP contribution is 2.51. The third-order valence-corrected chi connectivity index (χ3v) is 7.38. The van der Waals surface area contributed by atoms with E-state index in [9.17, 15) is 14.2 Å². The Balaban J connectivity index is 2.07. The van der Waals surface area contributed by atoms with Gasteiger partial charge in [0.1, 0.15) is 6.04 Å². The number of carbonyl (C=O) groups is 2. The molecule has 0 bridgehead atoms. The minimum absolute atomic E-state index is 0.118. The van der Waals surface area contributed by atoms with Crippen molar-refractivity contribution in [1.29, 1.82) is 0 Å². The molecule has 1 atom stereocenters. The number of halogens is 1. The molecule has 9 heteroatoms. The molecule has 0 saturated heterocycles. The second kappa shape index (κ2) is 11.6. The molecule has 0 fully saturated rings. The molecule has 0 heterocycles. The molecule has 0 spiro atoms. The van der Waals surface area contributed by atoms with E-state index < -0.39 is 25.5 Å². The Morgan fingerprint density at radius 1 is 1.07 bits per heavy atom. The zero-order valence-corrected chi connectivity index (χ0v) is 20.0. The molecule has 2 rings (SSSR count). The van der Waals surface area contributed by atoms with Crippen LogP contribution in [0.2, 0.25) is 0 Å². The maximum absolute atomic E-state index is 12.6. The van der Waals surface area contributed by atoms with Crippen LogP contribution in [-0.4, -0.2) is 31.1 Å². The molecule has 2 amide bonds. The van der Waals surface area contributed by atoms with Crippen LogP contribution >= 0.6 is 30.2 Å². The normalized spacial score (nSPS) is 12.4. The van der Waals surface area contributed by atoms with Gasteiger partial charge >= 0.3 is 7.60 Å². The molecule has 0 aliphatic heterocycles. The quantitative estimate of drug-likeness (QED) is 0.330. The monoisotopic (exact) mass is 544 g/mol. The molecule has 0 aliphatic carbocycles. The molecule has 30 heavy (non-hydrogen) atoms. The van der Waals surface area contributed by atoms with Gasteiger partial charge in [0.15, 0.2) is 0 Å². The summed E-state index contributed by atoms with van der Waals surface area (Å²) in [6.45, 7) is 4.08. The van der Waals surface area contributed by atoms with Crippen molar-refractivity contribution < 1.29 is 23.2 Å². The third-order valence-electron chi connectivity index (χ3n) is 4.27. The fraction of sp³-hybridized carbons (Fsp3) is 0.333.